The average molecular weight is 458 g/mol. The van der Waals surface area contributed by atoms with Crippen LogP contribution in [0.1, 0.15) is 56.0 Å². The van der Waals surface area contributed by atoms with E-state index in [2.05, 4.69) is 10.3 Å². The number of piperidine rings is 1. The highest BCUT2D eigenvalue weighted by atomic mass is 19.1. The van der Waals surface area contributed by atoms with Gasteiger partial charge < -0.3 is 15.0 Å². The van der Waals surface area contributed by atoms with E-state index in [0.717, 1.165) is 31.4 Å². The molecule has 0 spiro atoms. The summed E-state index contributed by atoms with van der Waals surface area (Å²) in [6.45, 7) is 6.48. The maximum atomic E-state index is 13.8. The van der Waals surface area contributed by atoms with E-state index >= 15 is 0 Å². The van der Waals surface area contributed by atoms with E-state index in [1.165, 1.54) is 18.3 Å². The van der Waals surface area contributed by atoms with Gasteiger partial charge >= 0.3 is 11.7 Å². The van der Waals surface area contributed by atoms with E-state index in [1.807, 2.05) is 4.90 Å². The van der Waals surface area contributed by atoms with Crippen molar-refractivity contribution in [2.24, 2.45) is 0 Å². The number of pyridine rings is 1. The summed E-state index contributed by atoms with van der Waals surface area (Å²) < 4.78 is 19.1. The summed E-state index contributed by atoms with van der Waals surface area (Å²) in [5.74, 6) is -1.57. The number of ether oxygens (including phenoxy) is 1. The minimum atomic E-state index is -0.714. The van der Waals surface area contributed by atoms with Gasteiger partial charge in [-0.05, 0) is 63.8 Å². The van der Waals surface area contributed by atoms with Gasteiger partial charge in [-0.3, -0.25) is 19.7 Å². The van der Waals surface area contributed by atoms with E-state index in [0.29, 0.717) is 13.1 Å². The van der Waals surface area contributed by atoms with Gasteiger partial charge in [-0.2, -0.15) is 0 Å². The number of aromatic nitrogens is 1. The first-order valence-electron chi connectivity index (χ1n) is 10.7. The number of carbonyl (C=O) groups excluding carboxylic acids is 2. The number of hydrogen-bond donors (Lipinski definition) is 1. The number of benzene rings is 1. The lowest BCUT2D eigenvalue weighted by atomic mass is 10.1. The van der Waals surface area contributed by atoms with Crippen LogP contribution in [-0.2, 0) is 16.0 Å². The molecule has 1 aliphatic heterocycles. The Balaban J connectivity index is 1.83. The number of anilines is 2. The maximum Gasteiger partial charge on any atom is 0.312 e. The van der Waals surface area contributed by atoms with Crippen LogP contribution in [0.15, 0.2) is 30.5 Å². The molecule has 1 amide bonds. The Morgan fingerprint density at radius 2 is 1.91 bits per heavy atom. The number of nitro groups is 1. The molecule has 3 rings (SSSR count). The smallest absolute Gasteiger partial charge is 0.312 e. The Morgan fingerprint density at radius 1 is 1.21 bits per heavy atom. The Labute approximate surface area is 191 Å². The molecular formula is C23H27FN4O5. The predicted molar refractivity (Wildman–Crippen MR) is 121 cm³/mol. The first-order chi connectivity index (χ1) is 15.5. The van der Waals surface area contributed by atoms with E-state index in [-0.39, 0.29) is 34.7 Å². The van der Waals surface area contributed by atoms with Crippen molar-refractivity contribution in [3.8, 4) is 0 Å². The molecule has 0 bridgehead atoms. The van der Waals surface area contributed by atoms with Crippen molar-refractivity contribution in [3.63, 3.8) is 0 Å². The standard InChI is InChI=1S/C23H27FN4O5/c1-23(2,3)33-20(29)13-15-11-17(24)7-8-18(15)26-22(30)16-12-19(28(31)32)21(25-14-16)27-9-5-4-6-10-27/h7-8,11-12,14H,4-6,9-10,13H2,1-3H3,(H,26,30). The molecule has 0 atom stereocenters. The number of nitrogens with one attached hydrogen (secondary N) is 1. The van der Waals surface area contributed by atoms with Crippen LogP contribution in [0, 0.1) is 15.9 Å². The SMILES string of the molecule is CC(C)(C)OC(=O)Cc1cc(F)ccc1NC(=O)c1cnc(N2CCCCC2)c([N+](=O)[O-])c1. The second-order valence-electron chi connectivity index (χ2n) is 8.89. The van der Waals surface area contributed by atoms with Crippen LogP contribution in [0.25, 0.3) is 0 Å². The summed E-state index contributed by atoms with van der Waals surface area (Å²) in [6.07, 6.45) is 3.94. The van der Waals surface area contributed by atoms with Crippen molar-refractivity contribution < 1.29 is 23.6 Å². The fourth-order valence-electron chi connectivity index (χ4n) is 3.61. The monoisotopic (exact) mass is 458 g/mol. The fraction of sp³-hybridized carbons (Fsp3) is 0.435. The molecule has 1 aromatic heterocycles. The van der Waals surface area contributed by atoms with E-state index in [4.69, 9.17) is 4.74 Å². The summed E-state index contributed by atoms with van der Waals surface area (Å²) in [6, 6.07) is 4.80. The Morgan fingerprint density at radius 3 is 2.55 bits per heavy atom. The normalized spacial score (nSPS) is 14.0. The lowest BCUT2D eigenvalue weighted by Crippen LogP contribution is -2.31. The number of carbonyl (C=O) groups is 2. The van der Waals surface area contributed by atoms with E-state index in [1.54, 1.807) is 20.8 Å². The predicted octanol–water partition coefficient (Wildman–Crippen LogP) is 4.26. The maximum absolute atomic E-state index is 13.8. The van der Waals surface area contributed by atoms with Gasteiger partial charge in [0.2, 0.25) is 5.82 Å². The van der Waals surface area contributed by atoms with Gasteiger partial charge in [0, 0.05) is 31.0 Å². The molecule has 0 saturated carbocycles. The third-order valence-electron chi connectivity index (χ3n) is 5.03. The molecule has 1 N–H and O–H groups in total. The van der Waals surface area contributed by atoms with Gasteiger partial charge in [0.25, 0.3) is 5.91 Å². The molecule has 0 unspecified atom stereocenters. The summed E-state index contributed by atoms with van der Waals surface area (Å²) in [5.41, 5.74) is -0.554. The highest BCUT2D eigenvalue weighted by Gasteiger charge is 2.25. The number of hydrogen-bond acceptors (Lipinski definition) is 7. The Kier molecular flexibility index (Phi) is 7.25. The zero-order valence-electron chi connectivity index (χ0n) is 18.9. The van der Waals surface area contributed by atoms with Gasteiger partial charge in [-0.25, -0.2) is 9.37 Å². The number of amides is 1. The Bertz CT molecular complexity index is 1060. The molecule has 33 heavy (non-hydrogen) atoms. The fourth-order valence-corrected chi connectivity index (χ4v) is 3.61. The first kappa shape index (κ1) is 24.1. The summed E-state index contributed by atoms with van der Waals surface area (Å²) in [7, 11) is 0. The van der Waals surface area contributed by atoms with Crippen molar-refractivity contribution >= 4 is 29.1 Å². The molecule has 0 aliphatic carbocycles. The number of halogens is 1. The molecule has 1 fully saturated rings. The topological polar surface area (TPSA) is 115 Å². The molecule has 1 aromatic carbocycles. The summed E-state index contributed by atoms with van der Waals surface area (Å²) in [5, 5.41) is 14.2. The van der Waals surface area contributed by atoms with Crippen LogP contribution < -0.4 is 10.2 Å². The third kappa shape index (κ3) is 6.47. The summed E-state index contributed by atoms with van der Waals surface area (Å²) in [4.78, 5) is 42.2. The van der Waals surface area contributed by atoms with E-state index in [9.17, 15) is 24.1 Å². The van der Waals surface area contributed by atoms with Gasteiger partial charge in [0.1, 0.15) is 11.4 Å². The van der Waals surface area contributed by atoms with Gasteiger partial charge in [-0.15, -0.1) is 0 Å². The van der Waals surface area contributed by atoms with Gasteiger partial charge in [0.05, 0.1) is 16.9 Å². The summed E-state index contributed by atoms with van der Waals surface area (Å²) >= 11 is 0. The lowest BCUT2D eigenvalue weighted by molar-refractivity contribution is -0.384. The largest absolute Gasteiger partial charge is 0.460 e. The molecule has 10 heteroatoms. The van der Waals surface area contributed by atoms with Crippen LogP contribution in [-0.4, -0.2) is 40.5 Å². The molecule has 1 saturated heterocycles. The second-order valence-corrected chi connectivity index (χ2v) is 8.89. The molecule has 9 nitrogen and oxygen atoms in total. The minimum absolute atomic E-state index is 0.0185. The molecule has 0 radical (unpaired) electrons. The van der Waals surface area contributed by atoms with Crippen molar-refractivity contribution in [3.05, 3.63) is 57.5 Å². The van der Waals surface area contributed by atoms with Crippen LogP contribution in [0.2, 0.25) is 0 Å². The third-order valence-corrected chi connectivity index (χ3v) is 5.03. The van der Waals surface area contributed by atoms with Crippen molar-refractivity contribution in [1.82, 2.24) is 4.98 Å². The van der Waals surface area contributed by atoms with Gasteiger partial charge in [-0.1, -0.05) is 0 Å². The van der Waals surface area contributed by atoms with Crippen LogP contribution >= 0.6 is 0 Å². The molecular weight excluding hydrogens is 431 g/mol. The van der Waals surface area contributed by atoms with Crippen LogP contribution in [0.3, 0.4) is 0 Å². The van der Waals surface area contributed by atoms with Crippen molar-refractivity contribution in [2.45, 2.75) is 52.1 Å². The van der Waals surface area contributed by atoms with E-state index < -0.39 is 28.2 Å². The molecule has 2 heterocycles. The van der Waals surface area contributed by atoms with Gasteiger partial charge in [0.15, 0.2) is 0 Å². The number of nitrogens with zero attached hydrogens (tertiary/aromatic N) is 3. The highest BCUT2D eigenvalue weighted by molar-refractivity contribution is 6.05. The molecule has 1 aliphatic rings. The number of esters is 1. The highest BCUT2D eigenvalue weighted by Crippen LogP contribution is 2.29. The van der Waals surface area contributed by atoms with Crippen LogP contribution in [0.4, 0.5) is 21.6 Å². The average Bonchev–Trinajstić information content (AvgIpc) is 2.74. The van der Waals surface area contributed by atoms with Crippen molar-refractivity contribution in [2.75, 3.05) is 23.3 Å². The van der Waals surface area contributed by atoms with Crippen molar-refractivity contribution in [1.29, 1.82) is 0 Å². The zero-order chi connectivity index (χ0) is 24.2. The number of rotatable bonds is 6. The van der Waals surface area contributed by atoms with Crippen LogP contribution in [0.5, 0.6) is 0 Å². The Hall–Kier alpha value is -3.56. The lowest BCUT2D eigenvalue weighted by Gasteiger charge is -2.27. The zero-order valence-corrected chi connectivity index (χ0v) is 18.9. The molecule has 2 aromatic rings. The second kappa shape index (κ2) is 9.93. The first-order valence-corrected chi connectivity index (χ1v) is 10.7. The molecule has 176 valence electrons. The quantitative estimate of drug-likeness (QED) is 0.391. The minimum Gasteiger partial charge on any atom is -0.460 e.